The van der Waals surface area contributed by atoms with Gasteiger partial charge in [0.1, 0.15) is 6.61 Å². The van der Waals surface area contributed by atoms with E-state index in [1.165, 1.54) is 109 Å². The van der Waals surface area contributed by atoms with Gasteiger partial charge in [-0.3, -0.25) is 18.6 Å². The Bertz CT molecular complexity index is 881. The van der Waals surface area contributed by atoms with Gasteiger partial charge >= 0.3 is 19.8 Å². The Morgan fingerprint density at radius 3 is 1.58 bits per heavy atom. The van der Waals surface area contributed by atoms with E-state index in [0.717, 1.165) is 38.5 Å². The number of ether oxygens (including phenoxy) is 2. The van der Waals surface area contributed by atoms with Gasteiger partial charge in [-0.05, 0) is 38.5 Å². The third kappa shape index (κ3) is 36.3. The van der Waals surface area contributed by atoms with Crippen molar-refractivity contribution in [2.75, 3.05) is 26.4 Å². The monoisotopic (exact) mass is 730 g/mol. The maximum atomic E-state index is 12.5. The Labute approximate surface area is 306 Å². The quantitative estimate of drug-likeness (QED) is 0.0275. The van der Waals surface area contributed by atoms with Crippen LogP contribution in [-0.2, 0) is 32.7 Å². The minimum atomic E-state index is -4.38. The number of phosphoric acid groups is 1. The lowest BCUT2D eigenvalue weighted by molar-refractivity contribution is -0.161. The summed E-state index contributed by atoms with van der Waals surface area (Å²) in [4.78, 5) is 34.7. The first-order chi connectivity index (χ1) is 24.3. The predicted octanol–water partition coefficient (Wildman–Crippen LogP) is 11.2. The van der Waals surface area contributed by atoms with Crippen LogP contribution in [0.15, 0.2) is 24.3 Å². The molecule has 0 saturated heterocycles. The van der Waals surface area contributed by atoms with Gasteiger partial charge in [-0.1, -0.05) is 160 Å². The summed E-state index contributed by atoms with van der Waals surface area (Å²) in [5, 5.41) is 0. The highest BCUT2D eigenvalue weighted by atomic mass is 31.2. The van der Waals surface area contributed by atoms with Gasteiger partial charge in [-0.2, -0.15) is 0 Å². The molecular formula is C40H76NO8P. The first-order valence-corrected chi connectivity index (χ1v) is 21.8. The van der Waals surface area contributed by atoms with Crippen molar-refractivity contribution < 1.29 is 37.6 Å². The lowest BCUT2D eigenvalue weighted by atomic mass is 10.0. The molecule has 0 fully saturated rings. The standard InChI is InChI=1S/C40H76NO8P/c1-3-5-7-9-11-13-15-17-18-19-20-21-23-24-26-28-30-32-39(42)46-36-38(37-48-50(44,45)47-35-34-41)49-40(43)33-31-29-27-25-22-16-14-12-10-8-6-4-2/h20-21,24,26,38H,3-19,22-23,25,27-37,41H2,1-2H3,(H,44,45)/b21-20+,26-24+/t38-/m0/s1. The van der Waals surface area contributed by atoms with Crippen LogP contribution in [0.5, 0.6) is 0 Å². The molecule has 0 bridgehead atoms. The molecule has 0 amide bonds. The number of hydrogen-bond acceptors (Lipinski definition) is 8. The number of phosphoric ester groups is 1. The molecule has 0 aromatic carbocycles. The highest BCUT2D eigenvalue weighted by Gasteiger charge is 2.25. The number of nitrogens with two attached hydrogens (primary N) is 1. The predicted molar refractivity (Wildman–Crippen MR) is 206 cm³/mol. The molecule has 9 nitrogen and oxygen atoms in total. The zero-order chi connectivity index (χ0) is 36.8. The first-order valence-electron chi connectivity index (χ1n) is 20.3. The maximum Gasteiger partial charge on any atom is 0.472 e. The van der Waals surface area contributed by atoms with Gasteiger partial charge in [0.2, 0.25) is 0 Å². The third-order valence-electron chi connectivity index (χ3n) is 8.59. The second-order valence-electron chi connectivity index (χ2n) is 13.5. The summed E-state index contributed by atoms with van der Waals surface area (Å²) in [7, 11) is -4.38. The summed E-state index contributed by atoms with van der Waals surface area (Å²) in [5.74, 6) is -0.877. The lowest BCUT2D eigenvalue weighted by Gasteiger charge is -2.19. The molecule has 10 heteroatoms. The largest absolute Gasteiger partial charge is 0.472 e. The summed E-state index contributed by atoms with van der Waals surface area (Å²) < 4.78 is 32.6. The molecule has 294 valence electrons. The molecular weight excluding hydrogens is 653 g/mol. The van der Waals surface area contributed by atoms with Crippen LogP contribution in [0.3, 0.4) is 0 Å². The van der Waals surface area contributed by atoms with E-state index in [2.05, 4.69) is 38.2 Å². The van der Waals surface area contributed by atoms with E-state index < -0.39 is 32.5 Å². The van der Waals surface area contributed by atoms with Crippen LogP contribution in [0, 0.1) is 0 Å². The summed E-state index contributed by atoms with van der Waals surface area (Å²) >= 11 is 0. The van der Waals surface area contributed by atoms with E-state index in [9.17, 15) is 19.0 Å². The summed E-state index contributed by atoms with van der Waals surface area (Å²) in [6, 6.07) is 0. The van der Waals surface area contributed by atoms with E-state index in [0.29, 0.717) is 12.8 Å². The minimum absolute atomic E-state index is 0.0499. The zero-order valence-corrected chi connectivity index (χ0v) is 33.0. The second kappa shape index (κ2) is 37.3. The van der Waals surface area contributed by atoms with Crippen molar-refractivity contribution in [3.05, 3.63) is 24.3 Å². The van der Waals surface area contributed by atoms with Gasteiger partial charge in [-0.15, -0.1) is 0 Å². The van der Waals surface area contributed by atoms with Crippen molar-refractivity contribution in [1.29, 1.82) is 0 Å². The van der Waals surface area contributed by atoms with Crippen LogP contribution >= 0.6 is 7.82 Å². The highest BCUT2D eigenvalue weighted by molar-refractivity contribution is 7.47. The van der Waals surface area contributed by atoms with Gasteiger partial charge in [-0.25, -0.2) is 4.57 Å². The van der Waals surface area contributed by atoms with Crippen LogP contribution in [0.4, 0.5) is 0 Å². The van der Waals surface area contributed by atoms with Gasteiger partial charge in [0.25, 0.3) is 0 Å². The fraction of sp³-hybridized carbons (Fsp3) is 0.850. The fourth-order valence-electron chi connectivity index (χ4n) is 5.56. The van der Waals surface area contributed by atoms with E-state index in [-0.39, 0.29) is 32.6 Å². The number of esters is 2. The highest BCUT2D eigenvalue weighted by Crippen LogP contribution is 2.43. The number of carbonyl (C=O) groups is 2. The molecule has 0 aliphatic rings. The topological polar surface area (TPSA) is 134 Å². The smallest absolute Gasteiger partial charge is 0.462 e. The Kier molecular flexibility index (Phi) is 36.1. The molecule has 0 aliphatic carbocycles. The summed E-state index contributed by atoms with van der Waals surface area (Å²) in [5.41, 5.74) is 5.33. The Morgan fingerprint density at radius 2 is 1.06 bits per heavy atom. The van der Waals surface area contributed by atoms with Crippen LogP contribution in [0.1, 0.15) is 187 Å². The number of rotatable bonds is 38. The van der Waals surface area contributed by atoms with E-state index >= 15 is 0 Å². The zero-order valence-electron chi connectivity index (χ0n) is 32.1. The molecule has 0 radical (unpaired) electrons. The normalized spacial score (nSPS) is 13.6. The number of hydrogen-bond donors (Lipinski definition) is 2. The summed E-state index contributed by atoms with van der Waals surface area (Å²) in [6.07, 6.45) is 37.9. The number of unbranched alkanes of at least 4 members (excludes halogenated alkanes) is 21. The van der Waals surface area contributed by atoms with Gasteiger partial charge in [0.05, 0.1) is 13.2 Å². The molecule has 0 saturated carbocycles. The molecule has 0 aromatic rings. The van der Waals surface area contributed by atoms with Crippen LogP contribution in [-0.4, -0.2) is 49.3 Å². The first kappa shape index (κ1) is 48.5. The molecule has 50 heavy (non-hydrogen) atoms. The molecule has 0 heterocycles. The Morgan fingerprint density at radius 1 is 0.600 bits per heavy atom. The van der Waals surface area contributed by atoms with Crippen LogP contribution in [0.25, 0.3) is 0 Å². The molecule has 2 atom stereocenters. The van der Waals surface area contributed by atoms with Crippen LogP contribution < -0.4 is 5.73 Å². The van der Waals surface area contributed by atoms with Crippen molar-refractivity contribution in [2.45, 2.75) is 193 Å². The SMILES string of the molecule is CCCCCCCCCCC/C=C/C/C=C/CCCC(=O)OC[C@@H](COP(=O)(O)OCCN)OC(=O)CCCCCCCCCCCCCC. The molecule has 0 aromatic heterocycles. The molecule has 0 rings (SSSR count). The summed E-state index contributed by atoms with van der Waals surface area (Å²) in [6.45, 7) is 3.68. The average Bonchev–Trinajstić information content (AvgIpc) is 3.10. The van der Waals surface area contributed by atoms with Crippen molar-refractivity contribution >= 4 is 19.8 Å². The van der Waals surface area contributed by atoms with Crippen molar-refractivity contribution in [1.82, 2.24) is 0 Å². The fourth-order valence-corrected chi connectivity index (χ4v) is 6.32. The Balaban J connectivity index is 4.23. The van der Waals surface area contributed by atoms with E-state index in [1.807, 2.05) is 0 Å². The van der Waals surface area contributed by atoms with Gasteiger partial charge in [0.15, 0.2) is 6.10 Å². The Hall–Kier alpha value is -1.51. The average molecular weight is 730 g/mol. The van der Waals surface area contributed by atoms with Gasteiger partial charge in [0, 0.05) is 19.4 Å². The van der Waals surface area contributed by atoms with E-state index in [4.69, 9.17) is 24.3 Å². The number of allylic oxidation sites excluding steroid dienone is 4. The maximum absolute atomic E-state index is 12.5. The molecule has 0 spiro atoms. The van der Waals surface area contributed by atoms with E-state index in [1.54, 1.807) is 0 Å². The molecule has 0 aliphatic heterocycles. The second-order valence-corrected chi connectivity index (χ2v) is 15.0. The van der Waals surface area contributed by atoms with Crippen molar-refractivity contribution in [3.63, 3.8) is 0 Å². The molecule has 3 N–H and O–H groups in total. The number of carbonyl (C=O) groups excluding carboxylic acids is 2. The third-order valence-corrected chi connectivity index (χ3v) is 9.57. The lowest BCUT2D eigenvalue weighted by Crippen LogP contribution is -2.29. The minimum Gasteiger partial charge on any atom is -0.462 e. The van der Waals surface area contributed by atoms with Crippen LogP contribution in [0.2, 0.25) is 0 Å². The molecule has 1 unspecified atom stereocenters. The van der Waals surface area contributed by atoms with Crippen molar-refractivity contribution in [3.8, 4) is 0 Å². The van der Waals surface area contributed by atoms with Gasteiger partial charge < -0.3 is 20.1 Å². The van der Waals surface area contributed by atoms with Crippen molar-refractivity contribution in [2.24, 2.45) is 5.73 Å².